The SMILES string of the molecule is COc1cccc2c1-c1ccc3c(c1CO2)C(C)CC(C)(C)N3. The third-order valence-corrected chi connectivity index (χ3v) is 4.99. The van der Waals surface area contributed by atoms with Gasteiger partial charge < -0.3 is 14.8 Å². The summed E-state index contributed by atoms with van der Waals surface area (Å²) >= 11 is 0. The molecule has 0 saturated heterocycles. The Labute approximate surface area is 137 Å². The van der Waals surface area contributed by atoms with Crippen LogP contribution in [0.1, 0.15) is 44.2 Å². The van der Waals surface area contributed by atoms with Gasteiger partial charge in [-0.3, -0.25) is 0 Å². The summed E-state index contributed by atoms with van der Waals surface area (Å²) in [7, 11) is 1.72. The molecule has 0 aromatic heterocycles. The quantitative estimate of drug-likeness (QED) is 0.808. The molecular formula is C20H23NO2. The smallest absolute Gasteiger partial charge is 0.131 e. The van der Waals surface area contributed by atoms with E-state index in [4.69, 9.17) is 9.47 Å². The molecule has 0 spiro atoms. The lowest BCUT2D eigenvalue weighted by molar-refractivity contribution is 0.296. The Kier molecular flexibility index (Phi) is 3.09. The molecule has 0 amide bonds. The fourth-order valence-corrected chi connectivity index (χ4v) is 4.23. The summed E-state index contributed by atoms with van der Waals surface area (Å²) in [6.45, 7) is 7.48. The minimum absolute atomic E-state index is 0.131. The third kappa shape index (κ3) is 2.18. The molecule has 2 heterocycles. The Bertz CT molecular complexity index is 765. The van der Waals surface area contributed by atoms with E-state index < -0.39 is 0 Å². The van der Waals surface area contributed by atoms with Crippen LogP contribution >= 0.6 is 0 Å². The number of hydrogen-bond acceptors (Lipinski definition) is 3. The molecule has 3 nitrogen and oxygen atoms in total. The van der Waals surface area contributed by atoms with Crippen molar-refractivity contribution in [1.29, 1.82) is 0 Å². The molecule has 0 radical (unpaired) electrons. The predicted molar refractivity (Wildman–Crippen MR) is 93.5 cm³/mol. The number of benzene rings is 2. The van der Waals surface area contributed by atoms with E-state index in [-0.39, 0.29) is 5.54 Å². The van der Waals surface area contributed by atoms with Gasteiger partial charge in [-0.2, -0.15) is 0 Å². The van der Waals surface area contributed by atoms with Crippen molar-refractivity contribution in [2.45, 2.75) is 45.3 Å². The van der Waals surface area contributed by atoms with Gasteiger partial charge in [-0.05, 0) is 55.5 Å². The second-order valence-corrected chi connectivity index (χ2v) is 7.29. The summed E-state index contributed by atoms with van der Waals surface area (Å²) in [4.78, 5) is 0. The fourth-order valence-electron chi connectivity index (χ4n) is 4.23. The van der Waals surface area contributed by atoms with Gasteiger partial charge in [0.25, 0.3) is 0 Å². The maximum absolute atomic E-state index is 6.05. The molecular weight excluding hydrogens is 286 g/mol. The molecule has 120 valence electrons. The van der Waals surface area contributed by atoms with Crippen LogP contribution in [0.4, 0.5) is 5.69 Å². The Balaban J connectivity index is 1.94. The zero-order valence-corrected chi connectivity index (χ0v) is 14.2. The topological polar surface area (TPSA) is 30.5 Å². The summed E-state index contributed by atoms with van der Waals surface area (Å²) in [5, 5.41) is 3.68. The standard InChI is InChI=1S/C20H23NO2/c1-12-10-20(2,3)21-15-9-8-13-14(18(12)15)11-23-17-7-5-6-16(22-4)19(13)17/h5-9,12,21H,10-11H2,1-4H3. The number of rotatable bonds is 1. The normalized spacial score (nSPS) is 20.4. The molecule has 2 aromatic carbocycles. The van der Waals surface area contributed by atoms with Crippen LogP contribution in [0.15, 0.2) is 30.3 Å². The van der Waals surface area contributed by atoms with Crippen LogP contribution in [-0.2, 0) is 6.61 Å². The lowest BCUT2D eigenvalue weighted by atomic mass is 9.78. The van der Waals surface area contributed by atoms with E-state index in [1.165, 1.54) is 22.4 Å². The van der Waals surface area contributed by atoms with Crippen LogP contribution in [0, 0.1) is 0 Å². The van der Waals surface area contributed by atoms with E-state index in [9.17, 15) is 0 Å². The van der Waals surface area contributed by atoms with Crippen molar-refractivity contribution in [3.63, 3.8) is 0 Å². The van der Waals surface area contributed by atoms with Crippen molar-refractivity contribution in [2.24, 2.45) is 0 Å². The number of nitrogens with one attached hydrogen (secondary N) is 1. The highest BCUT2D eigenvalue weighted by atomic mass is 16.5. The first-order valence-corrected chi connectivity index (χ1v) is 8.24. The van der Waals surface area contributed by atoms with Gasteiger partial charge >= 0.3 is 0 Å². The van der Waals surface area contributed by atoms with E-state index in [0.717, 1.165) is 23.5 Å². The molecule has 23 heavy (non-hydrogen) atoms. The Morgan fingerprint density at radius 2 is 2.04 bits per heavy atom. The number of methoxy groups -OCH3 is 1. The fraction of sp³-hybridized carbons (Fsp3) is 0.400. The molecule has 3 heteroatoms. The number of anilines is 1. The average Bonchev–Trinajstić information content (AvgIpc) is 2.51. The first-order valence-electron chi connectivity index (χ1n) is 8.24. The van der Waals surface area contributed by atoms with E-state index in [0.29, 0.717) is 12.5 Å². The molecule has 1 N–H and O–H groups in total. The molecule has 4 rings (SSSR count). The second kappa shape index (κ2) is 4.92. The predicted octanol–water partition coefficient (Wildman–Crippen LogP) is 4.95. The van der Waals surface area contributed by atoms with Crippen LogP contribution in [-0.4, -0.2) is 12.6 Å². The van der Waals surface area contributed by atoms with E-state index in [2.05, 4.69) is 38.2 Å². The van der Waals surface area contributed by atoms with Crippen molar-refractivity contribution >= 4 is 5.69 Å². The minimum Gasteiger partial charge on any atom is -0.496 e. The molecule has 0 bridgehead atoms. The summed E-state index contributed by atoms with van der Waals surface area (Å²) in [5.74, 6) is 2.30. The van der Waals surface area contributed by atoms with E-state index in [1.54, 1.807) is 7.11 Å². The second-order valence-electron chi connectivity index (χ2n) is 7.29. The maximum Gasteiger partial charge on any atom is 0.131 e. The van der Waals surface area contributed by atoms with Gasteiger partial charge in [0.1, 0.15) is 18.1 Å². The summed E-state index contributed by atoms with van der Waals surface area (Å²) < 4.78 is 11.6. The van der Waals surface area contributed by atoms with Crippen LogP contribution in [0.25, 0.3) is 11.1 Å². The zero-order valence-electron chi connectivity index (χ0n) is 14.2. The zero-order chi connectivity index (χ0) is 16.2. The van der Waals surface area contributed by atoms with Crippen molar-refractivity contribution in [2.75, 3.05) is 12.4 Å². The Morgan fingerprint density at radius 3 is 2.83 bits per heavy atom. The molecule has 1 unspecified atom stereocenters. The van der Waals surface area contributed by atoms with Crippen LogP contribution in [0.3, 0.4) is 0 Å². The molecule has 0 saturated carbocycles. The number of ether oxygens (including phenoxy) is 2. The van der Waals surface area contributed by atoms with E-state index in [1.807, 2.05) is 18.2 Å². The van der Waals surface area contributed by atoms with Crippen LogP contribution in [0.2, 0.25) is 0 Å². The average molecular weight is 309 g/mol. The highest BCUT2D eigenvalue weighted by Crippen LogP contribution is 2.49. The van der Waals surface area contributed by atoms with Crippen molar-refractivity contribution < 1.29 is 9.47 Å². The monoisotopic (exact) mass is 309 g/mol. The first-order chi connectivity index (χ1) is 11.0. The van der Waals surface area contributed by atoms with Crippen LogP contribution < -0.4 is 14.8 Å². The summed E-state index contributed by atoms with van der Waals surface area (Å²) in [6.07, 6.45) is 1.12. The largest absolute Gasteiger partial charge is 0.496 e. The summed E-state index contributed by atoms with van der Waals surface area (Å²) in [6, 6.07) is 10.4. The molecule has 2 aliphatic rings. The van der Waals surface area contributed by atoms with Crippen molar-refractivity contribution in [3.05, 3.63) is 41.5 Å². The van der Waals surface area contributed by atoms with Gasteiger partial charge in [0, 0.05) is 16.8 Å². The van der Waals surface area contributed by atoms with E-state index >= 15 is 0 Å². The van der Waals surface area contributed by atoms with Crippen LogP contribution in [0.5, 0.6) is 11.5 Å². The molecule has 2 aliphatic heterocycles. The lowest BCUT2D eigenvalue weighted by Crippen LogP contribution is -2.37. The maximum atomic E-state index is 6.05. The third-order valence-electron chi connectivity index (χ3n) is 4.99. The molecule has 1 atom stereocenters. The van der Waals surface area contributed by atoms with Crippen molar-refractivity contribution in [3.8, 4) is 22.6 Å². The molecule has 2 aromatic rings. The van der Waals surface area contributed by atoms with Gasteiger partial charge in [0.05, 0.1) is 12.7 Å². The minimum atomic E-state index is 0.131. The lowest BCUT2D eigenvalue weighted by Gasteiger charge is -2.40. The Morgan fingerprint density at radius 1 is 1.22 bits per heavy atom. The molecule has 0 fully saturated rings. The first kappa shape index (κ1) is 14.4. The van der Waals surface area contributed by atoms with Gasteiger partial charge in [-0.1, -0.05) is 19.1 Å². The highest BCUT2D eigenvalue weighted by Gasteiger charge is 2.33. The highest BCUT2D eigenvalue weighted by molar-refractivity contribution is 5.84. The van der Waals surface area contributed by atoms with Gasteiger partial charge in [0.2, 0.25) is 0 Å². The van der Waals surface area contributed by atoms with Gasteiger partial charge in [-0.25, -0.2) is 0 Å². The number of hydrogen-bond donors (Lipinski definition) is 1. The molecule has 0 aliphatic carbocycles. The van der Waals surface area contributed by atoms with Gasteiger partial charge in [-0.15, -0.1) is 0 Å². The Hall–Kier alpha value is -2.16. The van der Waals surface area contributed by atoms with Gasteiger partial charge in [0.15, 0.2) is 0 Å². The summed E-state index contributed by atoms with van der Waals surface area (Å²) in [5.41, 5.74) is 6.40. The number of fused-ring (bicyclic) bond motifs is 5. The van der Waals surface area contributed by atoms with Crippen molar-refractivity contribution in [1.82, 2.24) is 0 Å².